The topological polar surface area (TPSA) is 35.3 Å². The summed E-state index contributed by atoms with van der Waals surface area (Å²) in [5.74, 6) is 0.783. The van der Waals surface area contributed by atoms with Crippen LogP contribution in [0.2, 0.25) is 0 Å². The Labute approximate surface area is 163 Å². The Kier molecular flexibility index (Phi) is 5.64. The number of benzene rings is 2. The summed E-state index contributed by atoms with van der Waals surface area (Å²) >= 11 is 3.48. The average Bonchev–Trinajstić information content (AvgIpc) is 3.02. The fourth-order valence-corrected chi connectivity index (χ4v) is 3.60. The Morgan fingerprint density at radius 2 is 1.73 bits per heavy atom. The second-order valence-electron chi connectivity index (χ2n) is 7.20. The molecule has 1 atom stereocenters. The molecule has 3 nitrogen and oxygen atoms in total. The van der Waals surface area contributed by atoms with Crippen molar-refractivity contribution >= 4 is 15.9 Å². The van der Waals surface area contributed by atoms with Crippen molar-refractivity contribution in [2.24, 2.45) is 0 Å². The van der Waals surface area contributed by atoms with Crippen LogP contribution in [-0.4, -0.2) is 12.3 Å². The molecule has 1 aromatic heterocycles. The first-order valence-corrected chi connectivity index (χ1v) is 9.52. The summed E-state index contributed by atoms with van der Waals surface area (Å²) in [6, 6.07) is 18.6. The van der Waals surface area contributed by atoms with Crippen LogP contribution in [0.1, 0.15) is 43.2 Å². The Morgan fingerprint density at radius 1 is 1.08 bits per heavy atom. The molecule has 3 rings (SSSR count). The first kappa shape index (κ1) is 18.9. The van der Waals surface area contributed by atoms with Crippen LogP contribution >= 0.6 is 15.9 Å². The molecule has 136 valence electrons. The van der Waals surface area contributed by atoms with Crippen molar-refractivity contribution in [3.05, 3.63) is 75.9 Å². The molecule has 26 heavy (non-hydrogen) atoms. The highest BCUT2D eigenvalue weighted by Crippen LogP contribution is 2.40. The van der Waals surface area contributed by atoms with Gasteiger partial charge in [0.1, 0.15) is 0 Å². The number of hydrogen-bond acceptors (Lipinski definition) is 3. The van der Waals surface area contributed by atoms with E-state index in [9.17, 15) is 0 Å². The van der Waals surface area contributed by atoms with Gasteiger partial charge in [0.05, 0.1) is 17.4 Å². The maximum absolute atomic E-state index is 5.91. The minimum atomic E-state index is -0.102. The molecule has 0 saturated heterocycles. The zero-order chi connectivity index (χ0) is 18.7. The number of ether oxygens (including phenoxy) is 1. The fraction of sp³-hybridized carbons (Fsp3) is 0.318. The Bertz CT molecular complexity index is 854. The SMILES string of the molecule is COC(CC(C)(C)c1ccccc1)c1c(C)noc1-c1ccc(Br)cc1. The number of hydrogen-bond donors (Lipinski definition) is 0. The standard InChI is InChI=1S/C22H24BrNO2/c1-15-20(21(26-24-15)16-10-12-18(23)13-11-16)19(25-4)14-22(2,3)17-8-6-5-7-9-17/h5-13,19H,14H2,1-4H3. The van der Waals surface area contributed by atoms with Crippen LogP contribution < -0.4 is 0 Å². The molecule has 3 aromatic rings. The lowest BCUT2D eigenvalue weighted by molar-refractivity contribution is 0.0773. The Balaban J connectivity index is 1.96. The third kappa shape index (κ3) is 3.92. The molecule has 0 fully saturated rings. The first-order chi connectivity index (χ1) is 12.4. The number of halogens is 1. The van der Waals surface area contributed by atoms with Crippen molar-refractivity contribution in [1.29, 1.82) is 0 Å². The van der Waals surface area contributed by atoms with Crippen LogP contribution in [0.5, 0.6) is 0 Å². The van der Waals surface area contributed by atoms with Gasteiger partial charge in [0.25, 0.3) is 0 Å². The van der Waals surface area contributed by atoms with Crippen LogP contribution in [0, 0.1) is 6.92 Å². The van der Waals surface area contributed by atoms with E-state index in [1.807, 2.05) is 37.3 Å². The maximum atomic E-state index is 5.91. The lowest BCUT2D eigenvalue weighted by Gasteiger charge is -2.30. The third-order valence-electron chi connectivity index (χ3n) is 4.87. The second-order valence-corrected chi connectivity index (χ2v) is 8.11. The van der Waals surface area contributed by atoms with E-state index in [1.54, 1.807) is 7.11 Å². The van der Waals surface area contributed by atoms with Crippen LogP contribution in [0.3, 0.4) is 0 Å². The number of rotatable bonds is 6. The van der Waals surface area contributed by atoms with Crippen molar-refractivity contribution in [1.82, 2.24) is 5.16 Å². The minimum absolute atomic E-state index is 0.0391. The molecule has 0 radical (unpaired) electrons. The third-order valence-corrected chi connectivity index (χ3v) is 5.40. The fourth-order valence-electron chi connectivity index (χ4n) is 3.34. The normalized spacial score (nSPS) is 13.0. The van der Waals surface area contributed by atoms with E-state index in [2.05, 4.69) is 59.2 Å². The van der Waals surface area contributed by atoms with Crippen LogP contribution in [0.4, 0.5) is 0 Å². The lowest BCUT2D eigenvalue weighted by Crippen LogP contribution is -2.22. The average molecular weight is 414 g/mol. The van der Waals surface area contributed by atoms with Crippen LogP contribution in [-0.2, 0) is 10.2 Å². The summed E-state index contributed by atoms with van der Waals surface area (Å²) in [5.41, 5.74) is 4.16. The predicted octanol–water partition coefficient (Wildman–Crippen LogP) is 6.47. The molecule has 0 saturated carbocycles. The highest BCUT2D eigenvalue weighted by atomic mass is 79.9. The van der Waals surface area contributed by atoms with Crippen molar-refractivity contribution in [2.75, 3.05) is 7.11 Å². The summed E-state index contributed by atoms with van der Waals surface area (Å²) in [5, 5.41) is 4.22. The van der Waals surface area contributed by atoms with E-state index in [-0.39, 0.29) is 11.5 Å². The van der Waals surface area contributed by atoms with Crippen molar-refractivity contribution in [2.45, 2.75) is 38.7 Å². The maximum Gasteiger partial charge on any atom is 0.172 e. The van der Waals surface area contributed by atoms with Gasteiger partial charge in [0.15, 0.2) is 5.76 Å². The van der Waals surface area contributed by atoms with Gasteiger partial charge in [-0.3, -0.25) is 0 Å². The largest absolute Gasteiger partial charge is 0.377 e. The predicted molar refractivity (Wildman–Crippen MR) is 108 cm³/mol. The van der Waals surface area contributed by atoms with Crippen molar-refractivity contribution in [3.63, 3.8) is 0 Å². The summed E-state index contributed by atoms with van der Waals surface area (Å²) in [4.78, 5) is 0. The van der Waals surface area contributed by atoms with E-state index >= 15 is 0 Å². The zero-order valence-electron chi connectivity index (χ0n) is 15.6. The molecular weight excluding hydrogens is 390 g/mol. The lowest BCUT2D eigenvalue weighted by atomic mass is 9.78. The summed E-state index contributed by atoms with van der Waals surface area (Å²) in [6.07, 6.45) is 0.731. The van der Waals surface area contributed by atoms with E-state index in [1.165, 1.54) is 5.56 Å². The minimum Gasteiger partial charge on any atom is -0.377 e. The van der Waals surface area contributed by atoms with E-state index in [4.69, 9.17) is 9.26 Å². The summed E-state index contributed by atoms with van der Waals surface area (Å²) < 4.78 is 12.6. The summed E-state index contributed by atoms with van der Waals surface area (Å²) in [6.45, 7) is 6.47. The van der Waals surface area contributed by atoms with Gasteiger partial charge in [-0.25, -0.2) is 0 Å². The van der Waals surface area contributed by atoms with E-state index < -0.39 is 0 Å². The monoisotopic (exact) mass is 413 g/mol. The Hall–Kier alpha value is -1.91. The van der Waals surface area contributed by atoms with Crippen molar-refractivity contribution < 1.29 is 9.26 Å². The molecule has 2 aromatic carbocycles. The van der Waals surface area contributed by atoms with Gasteiger partial charge < -0.3 is 9.26 Å². The van der Waals surface area contributed by atoms with Gasteiger partial charge >= 0.3 is 0 Å². The second kappa shape index (κ2) is 7.77. The van der Waals surface area contributed by atoms with Crippen LogP contribution in [0.15, 0.2) is 63.6 Å². The Morgan fingerprint density at radius 3 is 2.35 bits per heavy atom. The van der Waals surface area contributed by atoms with Gasteiger partial charge in [-0.2, -0.15) is 0 Å². The highest BCUT2D eigenvalue weighted by Gasteiger charge is 2.31. The molecule has 1 heterocycles. The number of aromatic nitrogens is 1. The van der Waals surface area contributed by atoms with Gasteiger partial charge in [-0.15, -0.1) is 0 Å². The molecule has 0 N–H and O–H groups in total. The molecule has 0 aliphatic rings. The first-order valence-electron chi connectivity index (χ1n) is 8.73. The van der Waals surface area contributed by atoms with Crippen molar-refractivity contribution in [3.8, 4) is 11.3 Å². The molecule has 0 spiro atoms. The molecule has 0 aliphatic heterocycles. The van der Waals surface area contributed by atoms with Gasteiger partial charge in [-0.1, -0.05) is 77.4 Å². The molecule has 1 unspecified atom stereocenters. The van der Waals surface area contributed by atoms with Gasteiger partial charge in [0, 0.05) is 17.1 Å². The van der Waals surface area contributed by atoms with Gasteiger partial charge in [-0.05, 0) is 36.5 Å². The molecule has 0 aliphatic carbocycles. The molecule has 4 heteroatoms. The molecule has 0 bridgehead atoms. The molecule has 0 amide bonds. The smallest absolute Gasteiger partial charge is 0.172 e. The number of nitrogens with zero attached hydrogens (tertiary/aromatic N) is 1. The van der Waals surface area contributed by atoms with E-state index in [0.717, 1.165) is 33.5 Å². The highest BCUT2D eigenvalue weighted by molar-refractivity contribution is 9.10. The van der Waals surface area contributed by atoms with Gasteiger partial charge in [0.2, 0.25) is 0 Å². The van der Waals surface area contributed by atoms with Crippen LogP contribution in [0.25, 0.3) is 11.3 Å². The molecular formula is C22H24BrNO2. The number of aryl methyl sites for hydroxylation is 1. The summed E-state index contributed by atoms with van der Waals surface area (Å²) in [7, 11) is 1.75. The number of methoxy groups -OCH3 is 1. The zero-order valence-corrected chi connectivity index (χ0v) is 17.2. The van der Waals surface area contributed by atoms with E-state index in [0.29, 0.717) is 0 Å². The quantitative estimate of drug-likeness (QED) is 0.464.